The maximum atomic E-state index is 13.5. The van der Waals surface area contributed by atoms with E-state index in [9.17, 15) is 9.59 Å². The van der Waals surface area contributed by atoms with Crippen molar-refractivity contribution in [2.75, 3.05) is 24.4 Å². The molecule has 1 amide bonds. The fourth-order valence-corrected chi connectivity index (χ4v) is 5.57. The zero-order chi connectivity index (χ0) is 27.9. The normalized spacial score (nSPS) is 15.3. The van der Waals surface area contributed by atoms with Crippen LogP contribution in [0, 0.1) is 0 Å². The van der Waals surface area contributed by atoms with Gasteiger partial charge in [-0.15, -0.1) is 0 Å². The Kier molecular flexibility index (Phi) is 6.71. The van der Waals surface area contributed by atoms with Gasteiger partial charge in [-0.2, -0.15) is 0 Å². The lowest BCUT2D eigenvalue weighted by Crippen LogP contribution is -2.34. The van der Waals surface area contributed by atoms with Crippen molar-refractivity contribution < 1.29 is 14.3 Å². The lowest BCUT2D eigenvalue weighted by molar-refractivity contribution is 0.0600. The Morgan fingerprint density at radius 1 is 0.769 bits per heavy atom. The number of methoxy groups -OCH3 is 1. The van der Waals surface area contributed by atoms with E-state index in [4.69, 9.17) is 4.74 Å². The lowest BCUT2D eigenvalue weighted by Gasteiger charge is -2.43. The van der Waals surface area contributed by atoms with E-state index in [1.807, 2.05) is 19.2 Å². The largest absolute Gasteiger partial charge is 0.465 e. The van der Waals surface area contributed by atoms with Crippen molar-refractivity contribution in [2.45, 2.75) is 51.4 Å². The summed E-state index contributed by atoms with van der Waals surface area (Å²) in [5.74, 6) is -0.659. The number of rotatable bonds is 5. The van der Waals surface area contributed by atoms with Gasteiger partial charge in [-0.05, 0) is 94.1 Å². The Morgan fingerprint density at radius 2 is 1.36 bits per heavy atom. The van der Waals surface area contributed by atoms with Gasteiger partial charge in [-0.3, -0.25) is 4.79 Å². The molecule has 200 valence electrons. The van der Waals surface area contributed by atoms with Crippen LogP contribution >= 0.6 is 0 Å². The molecule has 0 saturated carbocycles. The molecule has 39 heavy (non-hydrogen) atoms. The number of amides is 1. The summed E-state index contributed by atoms with van der Waals surface area (Å²) in [4.78, 5) is 27.5. The predicted molar refractivity (Wildman–Crippen MR) is 159 cm³/mol. The Hall–Kier alpha value is -4.12. The molecule has 1 N–H and O–H groups in total. The molecule has 4 aromatic carbocycles. The van der Waals surface area contributed by atoms with Crippen LogP contribution in [0.2, 0.25) is 0 Å². The maximum absolute atomic E-state index is 13.5. The number of anilines is 3. The average Bonchev–Trinajstić information content (AvgIpc) is 2.94. The summed E-state index contributed by atoms with van der Waals surface area (Å²) in [6.45, 7) is 9.18. The van der Waals surface area contributed by atoms with E-state index in [2.05, 4.69) is 80.4 Å². The molecule has 0 aliphatic heterocycles. The minimum atomic E-state index is -0.430. The molecule has 0 heterocycles. The van der Waals surface area contributed by atoms with E-state index in [1.54, 1.807) is 24.3 Å². The third-order valence-electron chi connectivity index (χ3n) is 8.27. The molecule has 0 atom stereocenters. The van der Waals surface area contributed by atoms with Gasteiger partial charge in [0.2, 0.25) is 0 Å². The molecule has 0 aromatic heterocycles. The second kappa shape index (κ2) is 9.88. The monoisotopic (exact) mass is 520 g/mol. The third kappa shape index (κ3) is 5.01. The molecule has 5 heteroatoms. The fourth-order valence-electron chi connectivity index (χ4n) is 5.57. The fraction of sp³-hybridized carbons (Fsp3) is 0.294. The summed E-state index contributed by atoms with van der Waals surface area (Å²) in [5.41, 5.74) is 6.23. The smallest absolute Gasteiger partial charge is 0.337 e. The van der Waals surface area contributed by atoms with Gasteiger partial charge in [0.1, 0.15) is 0 Å². The number of nitrogens with zero attached hydrogens (tertiary/aromatic N) is 1. The van der Waals surface area contributed by atoms with E-state index in [-0.39, 0.29) is 16.7 Å². The molecule has 0 bridgehead atoms. The van der Waals surface area contributed by atoms with Crippen LogP contribution in [0.3, 0.4) is 0 Å². The highest BCUT2D eigenvalue weighted by Crippen LogP contribution is 2.49. The lowest BCUT2D eigenvalue weighted by atomic mass is 9.63. The molecular weight excluding hydrogens is 484 g/mol. The van der Waals surface area contributed by atoms with Crippen LogP contribution in [0.1, 0.15) is 72.4 Å². The Balaban J connectivity index is 1.60. The van der Waals surface area contributed by atoms with E-state index in [1.165, 1.54) is 23.6 Å². The summed E-state index contributed by atoms with van der Waals surface area (Å²) < 4.78 is 4.79. The highest BCUT2D eigenvalue weighted by molar-refractivity contribution is 6.07. The quantitative estimate of drug-likeness (QED) is 0.271. The van der Waals surface area contributed by atoms with Crippen molar-refractivity contribution in [3.63, 3.8) is 0 Å². The van der Waals surface area contributed by atoms with Gasteiger partial charge in [0.05, 0.1) is 24.0 Å². The van der Waals surface area contributed by atoms with Gasteiger partial charge < -0.3 is 15.0 Å². The van der Waals surface area contributed by atoms with Crippen LogP contribution in [-0.4, -0.2) is 26.0 Å². The van der Waals surface area contributed by atoms with Gasteiger partial charge in [0.25, 0.3) is 5.91 Å². The highest BCUT2D eigenvalue weighted by Gasteiger charge is 2.38. The number of esters is 1. The molecule has 0 saturated heterocycles. The van der Waals surface area contributed by atoms with Gasteiger partial charge in [-0.25, -0.2) is 4.79 Å². The number of benzene rings is 4. The summed E-state index contributed by atoms with van der Waals surface area (Å²) in [7, 11) is 3.39. The molecule has 0 spiro atoms. The number of nitrogens with one attached hydrogen (secondary N) is 1. The second-order valence-electron chi connectivity index (χ2n) is 11.8. The van der Waals surface area contributed by atoms with Crippen LogP contribution in [-0.2, 0) is 15.6 Å². The SMILES string of the molecule is COC(=O)c1ccc(C(=O)Nc2cc3c(cc2N(C)c2ccc4ccccc4c2)C(C)(C)CCC3(C)C)cc1. The summed E-state index contributed by atoms with van der Waals surface area (Å²) >= 11 is 0. The van der Waals surface area contributed by atoms with Crippen LogP contribution in [0.4, 0.5) is 17.1 Å². The van der Waals surface area contributed by atoms with E-state index < -0.39 is 5.97 Å². The number of carbonyl (C=O) groups is 2. The first-order valence-corrected chi connectivity index (χ1v) is 13.4. The first kappa shape index (κ1) is 26.5. The predicted octanol–water partition coefficient (Wildman–Crippen LogP) is 8.00. The first-order chi connectivity index (χ1) is 18.5. The van der Waals surface area contributed by atoms with Crippen molar-refractivity contribution in [1.29, 1.82) is 0 Å². The maximum Gasteiger partial charge on any atom is 0.337 e. The minimum Gasteiger partial charge on any atom is -0.465 e. The highest BCUT2D eigenvalue weighted by atomic mass is 16.5. The van der Waals surface area contributed by atoms with Crippen LogP contribution in [0.25, 0.3) is 10.8 Å². The molecule has 5 nitrogen and oxygen atoms in total. The number of hydrogen-bond acceptors (Lipinski definition) is 4. The Labute approximate surface area is 230 Å². The van der Waals surface area contributed by atoms with Crippen LogP contribution in [0.5, 0.6) is 0 Å². The number of hydrogen-bond donors (Lipinski definition) is 1. The van der Waals surface area contributed by atoms with E-state index in [0.29, 0.717) is 11.1 Å². The zero-order valence-corrected chi connectivity index (χ0v) is 23.6. The molecular formula is C34H36N2O3. The summed E-state index contributed by atoms with van der Waals surface area (Å²) in [5, 5.41) is 5.55. The Morgan fingerprint density at radius 3 is 2.00 bits per heavy atom. The van der Waals surface area contributed by atoms with Crippen LogP contribution in [0.15, 0.2) is 78.9 Å². The van der Waals surface area contributed by atoms with Crippen LogP contribution < -0.4 is 10.2 Å². The third-order valence-corrected chi connectivity index (χ3v) is 8.27. The summed E-state index contributed by atoms with van der Waals surface area (Å²) in [6, 6.07) is 25.7. The van der Waals surface area contributed by atoms with Crippen molar-refractivity contribution in [2.24, 2.45) is 0 Å². The summed E-state index contributed by atoms with van der Waals surface area (Å²) in [6.07, 6.45) is 2.18. The minimum absolute atomic E-state index is 0.00740. The second-order valence-corrected chi connectivity index (χ2v) is 11.8. The zero-order valence-electron chi connectivity index (χ0n) is 23.6. The average molecular weight is 521 g/mol. The van der Waals surface area contributed by atoms with Gasteiger partial charge >= 0.3 is 5.97 Å². The molecule has 1 aliphatic carbocycles. The van der Waals surface area contributed by atoms with Crippen molar-refractivity contribution in [3.05, 3.63) is 101 Å². The topological polar surface area (TPSA) is 58.6 Å². The molecule has 0 radical (unpaired) electrons. The number of carbonyl (C=O) groups excluding carboxylic acids is 2. The van der Waals surface area contributed by atoms with Crippen molar-refractivity contribution in [3.8, 4) is 0 Å². The molecule has 5 rings (SSSR count). The van der Waals surface area contributed by atoms with Gasteiger partial charge in [-0.1, -0.05) is 58.0 Å². The molecule has 0 unspecified atom stereocenters. The van der Waals surface area contributed by atoms with Crippen molar-refractivity contribution >= 4 is 39.7 Å². The van der Waals surface area contributed by atoms with Gasteiger partial charge in [0.15, 0.2) is 0 Å². The van der Waals surface area contributed by atoms with Crippen molar-refractivity contribution in [1.82, 2.24) is 0 Å². The molecule has 1 aliphatic rings. The standard InChI is InChI=1S/C34H36N2O3/c1-33(2)17-18-34(3,4)28-21-30(36(5)26-16-15-22-9-7-8-10-25(22)19-26)29(20-27(28)33)35-31(37)23-11-13-24(14-12-23)32(38)39-6/h7-16,19-21H,17-18H2,1-6H3,(H,35,37). The number of fused-ring (bicyclic) bond motifs is 2. The molecule has 0 fully saturated rings. The first-order valence-electron chi connectivity index (χ1n) is 13.4. The Bertz CT molecular complexity index is 1570. The number of ether oxygens (including phenoxy) is 1. The molecule has 4 aromatic rings. The van der Waals surface area contributed by atoms with E-state index >= 15 is 0 Å². The van der Waals surface area contributed by atoms with E-state index in [0.717, 1.165) is 35.3 Å². The van der Waals surface area contributed by atoms with Gasteiger partial charge in [0, 0.05) is 18.3 Å².